The van der Waals surface area contributed by atoms with Crippen molar-refractivity contribution in [1.29, 1.82) is 0 Å². The van der Waals surface area contributed by atoms with Gasteiger partial charge in [0.05, 0.1) is 0 Å². The number of nitrogens with zero attached hydrogens (tertiary/aromatic N) is 2. The summed E-state index contributed by atoms with van der Waals surface area (Å²) in [5.74, 6) is 0.247. The standard InChI is InChI=1S/C12H22N2O.C2H6/c1-10(2)14-8-12(9-14)5-4-6-13(7-12)11(3)15;1-2/h10H,4-9H2,1-3H3;1-2H3. The second-order valence-corrected chi connectivity index (χ2v) is 5.54. The van der Waals surface area contributed by atoms with E-state index in [2.05, 4.69) is 18.7 Å². The zero-order valence-electron chi connectivity index (χ0n) is 12.1. The Morgan fingerprint density at radius 3 is 2.24 bits per heavy atom. The van der Waals surface area contributed by atoms with Crippen molar-refractivity contribution in [2.75, 3.05) is 26.2 Å². The lowest BCUT2D eigenvalue weighted by Crippen LogP contribution is -2.64. The molecule has 0 atom stereocenters. The van der Waals surface area contributed by atoms with E-state index in [0.29, 0.717) is 11.5 Å². The first-order valence-electron chi connectivity index (χ1n) is 7.02. The van der Waals surface area contributed by atoms with Crippen LogP contribution in [0.3, 0.4) is 0 Å². The highest BCUT2D eigenvalue weighted by Crippen LogP contribution is 2.39. The lowest BCUT2D eigenvalue weighted by atomic mass is 9.72. The molecule has 100 valence electrons. The summed E-state index contributed by atoms with van der Waals surface area (Å²) in [6.07, 6.45) is 2.49. The summed E-state index contributed by atoms with van der Waals surface area (Å²) < 4.78 is 0. The summed E-state index contributed by atoms with van der Waals surface area (Å²) in [6.45, 7) is 14.5. The summed E-state index contributed by atoms with van der Waals surface area (Å²) in [5, 5.41) is 0. The third kappa shape index (κ3) is 3.21. The van der Waals surface area contributed by atoms with Crippen molar-refractivity contribution in [1.82, 2.24) is 9.80 Å². The van der Waals surface area contributed by atoms with Gasteiger partial charge in [-0.15, -0.1) is 0 Å². The van der Waals surface area contributed by atoms with Gasteiger partial charge in [-0.05, 0) is 26.7 Å². The van der Waals surface area contributed by atoms with Gasteiger partial charge in [0, 0.05) is 44.6 Å². The Hall–Kier alpha value is -0.570. The molecule has 0 unspecified atom stereocenters. The summed E-state index contributed by atoms with van der Waals surface area (Å²) in [4.78, 5) is 15.9. The van der Waals surface area contributed by atoms with Crippen molar-refractivity contribution in [3.05, 3.63) is 0 Å². The van der Waals surface area contributed by atoms with Crippen molar-refractivity contribution < 1.29 is 4.79 Å². The van der Waals surface area contributed by atoms with E-state index in [1.807, 2.05) is 18.7 Å². The lowest BCUT2D eigenvalue weighted by Gasteiger charge is -2.56. The van der Waals surface area contributed by atoms with Crippen LogP contribution in [0, 0.1) is 5.41 Å². The molecular weight excluding hydrogens is 212 g/mol. The van der Waals surface area contributed by atoms with Gasteiger partial charge in [-0.25, -0.2) is 0 Å². The number of hydrogen-bond donors (Lipinski definition) is 0. The van der Waals surface area contributed by atoms with Crippen LogP contribution < -0.4 is 0 Å². The Morgan fingerprint density at radius 2 is 1.76 bits per heavy atom. The average molecular weight is 240 g/mol. The van der Waals surface area contributed by atoms with Gasteiger partial charge in [-0.2, -0.15) is 0 Å². The molecule has 0 bridgehead atoms. The van der Waals surface area contributed by atoms with Crippen LogP contribution in [0.2, 0.25) is 0 Å². The zero-order valence-corrected chi connectivity index (χ0v) is 12.1. The van der Waals surface area contributed by atoms with Crippen molar-refractivity contribution in [3.8, 4) is 0 Å². The van der Waals surface area contributed by atoms with Gasteiger partial charge in [0.25, 0.3) is 0 Å². The Labute approximate surface area is 106 Å². The summed E-state index contributed by atoms with van der Waals surface area (Å²) >= 11 is 0. The average Bonchev–Trinajstić information content (AvgIpc) is 2.28. The zero-order chi connectivity index (χ0) is 13.1. The highest BCUT2D eigenvalue weighted by Gasteiger charge is 2.46. The molecule has 3 heteroatoms. The molecule has 0 aromatic carbocycles. The number of carbonyl (C=O) groups excluding carboxylic acids is 1. The third-order valence-corrected chi connectivity index (χ3v) is 3.91. The predicted molar refractivity (Wildman–Crippen MR) is 72.0 cm³/mol. The molecule has 3 nitrogen and oxygen atoms in total. The molecule has 0 saturated carbocycles. The number of likely N-dealkylation sites (tertiary alicyclic amines) is 2. The normalized spacial score (nSPS) is 23.1. The van der Waals surface area contributed by atoms with Crippen LogP contribution in [0.4, 0.5) is 0 Å². The smallest absolute Gasteiger partial charge is 0.219 e. The van der Waals surface area contributed by atoms with E-state index in [4.69, 9.17) is 0 Å². The Morgan fingerprint density at radius 1 is 1.18 bits per heavy atom. The Kier molecular flexibility index (Phi) is 4.99. The molecule has 0 aliphatic carbocycles. The lowest BCUT2D eigenvalue weighted by molar-refractivity contribution is -0.138. The summed E-state index contributed by atoms with van der Waals surface area (Å²) in [6, 6.07) is 0.656. The molecule has 0 aromatic heterocycles. The maximum atomic E-state index is 11.4. The molecule has 2 fully saturated rings. The van der Waals surface area contributed by atoms with Crippen LogP contribution >= 0.6 is 0 Å². The van der Waals surface area contributed by atoms with E-state index >= 15 is 0 Å². The molecule has 2 heterocycles. The minimum Gasteiger partial charge on any atom is -0.342 e. The summed E-state index contributed by atoms with van der Waals surface area (Å²) in [7, 11) is 0. The largest absolute Gasteiger partial charge is 0.342 e. The second-order valence-electron chi connectivity index (χ2n) is 5.54. The third-order valence-electron chi connectivity index (χ3n) is 3.91. The topological polar surface area (TPSA) is 23.6 Å². The van der Waals surface area contributed by atoms with Crippen molar-refractivity contribution in [2.24, 2.45) is 5.41 Å². The molecule has 1 spiro atoms. The molecular formula is C14H28N2O. The highest BCUT2D eigenvalue weighted by atomic mass is 16.2. The molecule has 0 aromatic rings. The first kappa shape index (κ1) is 14.5. The quantitative estimate of drug-likeness (QED) is 0.702. The molecule has 0 radical (unpaired) electrons. The maximum Gasteiger partial charge on any atom is 0.219 e. The van der Waals surface area contributed by atoms with E-state index < -0.39 is 0 Å². The van der Waals surface area contributed by atoms with Crippen LogP contribution in [0.1, 0.15) is 47.5 Å². The van der Waals surface area contributed by atoms with Crippen LogP contribution in [-0.4, -0.2) is 47.9 Å². The Bertz CT molecular complexity index is 257. The van der Waals surface area contributed by atoms with Gasteiger partial charge in [0.1, 0.15) is 0 Å². The second kappa shape index (κ2) is 5.85. The van der Waals surface area contributed by atoms with Gasteiger partial charge in [0.2, 0.25) is 5.91 Å². The van der Waals surface area contributed by atoms with Gasteiger partial charge in [0.15, 0.2) is 0 Å². The summed E-state index contributed by atoms with van der Waals surface area (Å²) in [5.41, 5.74) is 0.439. The van der Waals surface area contributed by atoms with Crippen molar-refractivity contribution in [3.63, 3.8) is 0 Å². The van der Waals surface area contributed by atoms with E-state index in [1.165, 1.54) is 25.9 Å². The minimum atomic E-state index is 0.247. The number of amides is 1. The van der Waals surface area contributed by atoms with Gasteiger partial charge >= 0.3 is 0 Å². The number of rotatable bonds is 1. The fraction of sp³-hybridized carbons (Fsp3) is 0.929. The molecule has 1 amide bonds. The predicted octanol–water partition coefficient (Wildman–Crippen LogP) is 2.37. The van der Waals surface area contributed by atoms with Gasteiger partial charge < -0.3 is 4.90 Å². The van der Waals surface area contributed by atoms with Crippen LogP contribution in [0.15, 0.2) is 0 Å². The molecule has 2 rings (SSSR count). The molecule has 17 heavy (non-hydrogen) atoms. The van der Waals surface area contributed by atoms with E-state index in [9.17, 15) is 4.79 Å². The van der Waals surface area contributed by atoms with E-state index in [0.717, 1.165) is 13.1 Å². The van der Waals surface area contributed by atoms with Crippen molar-refractivity contribution >= 4 is 5.91 Å². The SMILES string of the molecule is CC.CC(=O)N1CCCC2(C1)CN(C(C)C)C2. The molecule has 0 N–H and O–H groups in total. The van der Waals surface area contributed by atoms with E-state index in [-0.39, 0.29) is 5.91 Å². The minimum absolute atomic E-state index is 0.247. The fourth-order valence-corrected chi connectivity index (χ4v) is 2.92. The van der Waals surface area contributed by atoms with Crippen molar-refractivity contribution in [2.45, 2.75) is 53.5 Å². The molecule has 2 saturated heterocycles. The first-order valence-corrected chi connectivity index (χ1v) is 7.02. The van der Waals surface area contributed by atoms with Crippen LogP contribution in [0.25, 0.3) is 0 Å². The van der Waals surface area contributed by atoms with Gasteiger partial charge in [-0.3, -0.25) is 9.69 Å². The number of carbonyl (C=O) groups is 1. The Balaban J connectivity index is 0.000000686. The van der Waals surface area contributed by atoms with E-state index in [1.54, 1.807) is 6.92 Å². The fourth-order valence-electron chi connectivity index (χ4n) is 2.92. The number of piperidine rings is 1. The maximum absolute atomic E-state index is 11.4. The number of hydrogen-bond acceptors (Lipinski definition) is 2. The van der Waals surface area contributed by atoms with Gasteiger partial charge in [-0.1, -0.05) is 13.8 Å². The monoisotopic (exact) mass is 240 g/mol. The first-order chi connectivity index (χ1) is 8.02. The highest BCUT2D eigenvalue weighted by molar-refractivity contribution is 5.73. The molecule has 2 aliphatic heterocycles. The van der Waals surface area contributed by atoms with Crippen LogP contribution in [-0.2, 0) is 4.79 Å². The van der Waals surface area contributed by atoms with Crippen LogP contribution in [0.5, 0.6) is 0 Å². The molecule has 2 aliphatic rings.